The number of hydrogen-bond acceptors (Lipinski definition) is 7. The maximum Gasteiger partial charge on any atom is 0.332 e. The number of ether oxygens (including phenoxy) is 2. The molecule has 1 aromatic heterocycles. The van der Waals surface area contributed by atoms with E-state index in [0.29, 0.717) is 16.0 Å². The Bertz CT molecular complexity index is 303. The lowest BCUT2D eigenvalue weighted by Crippen LogP contribution is -2.12. The number of hydrogen-bond donors (Lipinski definition) is 1. The van der Waals surface area contributed by atoms with Crippen LogP contribution in [0.2, 0.25) is 0 Å². The van der Waals surface area contributed by atoms with Gasteiger partial charge >= 0.3 is 5.97 Å². The van der Waals surface area contributed by atoms with Crippen LogP contribution in [-0.2, 0) is 20.9 Å². The highest BCUT2D eigenvalue weighted by atomic mass is 32.2. The quantitative estimate of drug-likeness (QED) is 0.606. The summed E-state index contributed by atoms with van der Waals surface area (Å²) in [5, 5.41) is 8.15. The molecule has 0 spiro atoms. The first-order valence-corrected chi connectivity index (χ1v) is 5.23. The molecule has 0 unspecified atom stereocenters. The Morgan fingerprint density at radius 2 is 2.36 bits per heavy atom. The van der Waals surface area contributed by atoms with Gasteiger partial charge in [-0.2, -0.15) is 0 Å². The van der Waals surface area contributed by atoms with Crippen molar-refractivity contribution in [2.75, 3.05) is 13.2 Å². The van der Waals surface area contributed by atoms with Crippen molar-refractivity contribution in [1.82, 2.24) is 10.2 Å². The number of thiol groups is 1. The number of carbonyl (C=O) groups excluding carboxylic acids is 1. The SMILES string of the molecule is CCOC(=O)COCc1nnc(S)s1. The first-order valence-electron chi connectivity index (χ1n) is 3.97. The van der Waals surface area contributed by atoms with Crippen LogP contribution in [-0.4, -0.2) is 29.4 Å². The minimum Gasteiger partial charge on any atom is -0.464 e. The van der Waals surface area contributed by atoms with E-state index in [4.69, 9.17) is 4.74 Å². The maximum absolute atomic E-state index is 10.8. The molecular weight excluding hydrogens is 224 g/mol. The van der Waals surface area contributed by atoms with Crippen LogP contribution in [0.5, 0.6) is 0 Å². The molecular formula is C7H10N2O3S2. The largest absolute Gasteiger partial charge is 0.464 e. The topological polar surface area (TPSA) is 61.3 Å². The van der Waals surface area contributed by atoms with Gasteiger partial charge in [-0.25, -0.2) is 4.79 Å². The van der Waals surface area contributed by atoms with Crippen molar-refractivity contribution in [1.29, 1.82) is 0 Å². The van der Waals surface area contributed by atoms with E-state index in [-0.39, 0.29) is 19.2 Å². The van der Waals surface area contributed by atoms with Crippen molar-refractivity contribution in [3.8, 4) is 0 Å². The standard InChI is InChI=1S/C7H10N2O3S2/c1-2-12-6(10)4-11-3-5-8-9-7(13)14-5/h2-4H2,1H3,(H,9,13). The molecule has 14 heavy (non-hydrogen) atoms. The summed E-state index contributed by atoms with van der Waals surface area (Å²) in [6, 6.07) is 0. The third-order valence-corrected chi connectivity index (χ3v) is 2.27. The second-order valence-electron chi connectivity index (χ2n) is 2.28. The summed E-state index contributed by atoms with van der Waals surface area (Å²) in [6.45, 7) is 2.31. The van der Waals surface area contributed by atoms with Crippen LogP contribution < -0.4 is 0 Å². The molecule has 0 bridgehead atoms. The molecule has 7 heteroatoms. The van der Waals surface area contributed by atoms with Gasteiger partial charge < -0.3 is 9.47 Å². The predicted octanol–water partition coefficient (Wildman–Crippen LogP) is 0.906. The fourth-order valence-electron chi connectivity index (χ4n) is 0.727. The second-order valence-corrected chi connectivity index (χ2v) is 4.06. The first kappa shape index (κ1) is 11.4. The van der Waals surface area contributed by atoms with Crippen LogP contribution in [0.4, 0.5) is 0 Å². The Kier molecular flexibility index (Phi) is 4.85. The molecule has 78 valence electrons. The molecule has 0 amide bonds. The van der Waals surface area contributed by atoms with Gasteiger partial charge in [0.1, 0.15) is 18.2 Å². The smallest absolute Gasteiger partial charge is 0.332 e. The zero-order valence-corrected chi connectivity index (χ0v) is 9.31. The van der Waals surface area contributed by atoms with Gasteiger partial charge in [-0.05, 0) is 6.92 Å². The zero-order valence-electron chi connectivity index (χ0n) is 7.60. The molecule has 0 aliphatic heterocycles. The average molecular weight is 234 g/mol. The Morgan fingerprint density at radius 3 is 2.93 bits per heavy atom. The van der Waals surface area contributed by atoms with E-state index >= 15 is 0 Å². The van der Waals surface area contributed by atoms with Crippen molar-refractivity contribution < 1.29 is 14.3 Å². The van der Waals surface area contributed by atoms with E-state index in [2.05, 4.69) is 27.6 Å². The molecule has 1 heterocycles. The first-order chi connectivity index (χ1) is 6.72. The summed E-state index contributed by atoms with van der Waals surface area (Å²) in [5.74, 6) is -0.372. The fourth-order valence-corrected chi connectivity index (χ4v) is 1.60. The van der Waals surface area contributed by atoms with Gasteiger partial charge in [0.15, 0.2) is 4.34 Å². The van der Waals surface area contributed by atoms with Gasteiger partial charge in [0.2, 0.25) is 0 Å². The monoisotopic (exact) mass is 234 g/mol. The molecule has 0 saturated carbocycles. The van der Waals surface area contributed by atoms with E-state index in [0.717, 1.165) is 0 Å². The van der Waals surface area contributed by atoms with Crippen LogP contribution in [0.25, 0.3) is 0 Å². The molecule has 0 aliphatic rings. The van der Waals surface area contributed by atoms with E-state index in [1.165, 1.54) is 11.3 Å². The van der Waals surface area contributed by atoms with E-state index in [9.17, 15) is 4.79 Å². The molecule has 0 aromatic carbocycles. The Balaban J connectivity index is 2.18. The summed E-state index contributed by atoms with van der Waals surface area (Å²) in [7, 11) is 0. The van der Waals surface area contributed by atoms with Crippen molar-refractivity contribution >= 4 is 29.9 Å². The third kappa shape index (κ3) is 4.03. The van der Waals surface area contributed by atoms with Crippen LogP contribution >= 0.6 is 24.0 Å². The number of rotatable bonds is 5. The summed E-state index contributed by atoms with van der Waals surface area (Å²) in [6.07, 6.45) is 0. The van der Waals surface area contributed by atoms with Crippen molar-refractivity contribution in [3.05, 3.63) is 5.01 Å². The van der Waals surface area contributed by atoms with E-state index in [1.54, 1.807) is 6.92 Å². The number of nitrogens with zero attached hydrogens (tertiary/aromatic N) is 2. The van der Waals surface area contributed by atoms with Crippen LogP contribution in [0.1, 0.15) is 11.9 Å². The number of carbonyl (C=O) groups is 1. The Hall–Kier alpha value is -0.660. The molecule has 0 atom stereocenters. The van der Waals surface area contributed by atoms with Crippen molar-refractivity contribution in [3.63, 3.8) is 0 Å². The molecule has 0 N–H and O–H groups in total. The lowest BCUT2D eigenvalue weighted by Gasteiger charge is -2.00. The average Bonchev–Trinajstić information content (AvgIpc) is 2.52. The van der Waals surface area contributed by atoms with E-state index in [1.807, 2.05) is 0 Å². The molecule has 0 fully saturated rings. The third-order valence-electron chi connectivity index (χ3n) is 1.21. The van der Waals surface area contributed by atoms with Gasteiger partial charge in [-0.3, -0.25) is 0 Å². The highest BCUT2D eigenvalue weighted by molar-refractivity contribution is 7.82. The molecule has 0 aliphatic carbocycles. The normalized spacial score (nSPS) is 10.1. The molecule has 0 radical (unpaired) electrons. The molecule has 1 rings (SSSR count). The minimum absolute atomic E-state index is 0.0602. The molecule has 0 saturated heterocycles. The summed E-state index contributed by atoms with van der Waals surface area (Å²) in [5.41, 5.74) is 0. The molecule has 1 aromatic rings. The van der Waals surface area contributed by atoms with Gasteiger partial charge in [-0.15, -0.1) is 22.8 Å². The van der Waals surface area contributed by atoms with Crippen molar-refractivity contribution in [2.45, 2.75) is 17.9 Å². The minimum atomic E-state index is -0.372. The highest BCUT2D eigenvalue weighted by Gasteiger charge is 2.04. The van der Waals surface area contributed by atoms with Gasteiger partial charge in [-0.1, -0.05) is 11.3 Å². The number of esters is 1. The second kappa shape index (κ2) is 5.94. The van der Waals surface area contributed by atoms with Gasteiger partial charge in [0.05, 0.1) is 6.61 Å². The van der Waals surface area contributed by atoms with Crippen LogP contribution in [0.3, 0.4) is 0 Å². The number of aromatic nitrogens is 2. The van der Waals surface area contributed by atoms with E-state index < -0.39 is 0 Å². The lowest BCUT2D eigenvalue weighted by atomic mass is 10.7. The summed E-state index contributed by atoms with van der Waals surface area (Å²) in [4.78, 5) is 10.8. The van der Waals surface area contributed by atoms with Gasteiger partial charge in [0, 0.05) is 0 Å². The summed E-state index contributed by atoms with van der Waals surface area (Å²) < 4.78 is 10.3. The van der Waals surface area contributed by atoms with Gasteiger partial charge in [0.25, 0.3) is 0 Å². The maximum atomic E-state index is 10.8. The Labute approximate surface area is 90.8 Å². The fraction of sp³-hybridized carbons (Fsp3) is 0.571. The highest BCUT2D eigenvalue weighted by Crippen LogP contribution is 2.13. The Morgan fingerprint density at radius 1 is 1.57 bits per heavy atom. The van der Waals surface area contributed by atoms with Crippen LogP contribution in [0, 0.1) is 0 Å². The van der Waals surface area contributed by atoms with Crippen LogP contribution in [0.15, 0.2) is 4.34 Å². The summed E-state index contributed by atoms with van der Waals surface area (Å²) >= 11 is 5.32. The lowest BCUT2D eigenvalue weighted by molar-refractivity contribution is -0.148. The molecule has 5 nitrogen and oxygen atoms in total. The van der Waals surface area contributed by atoms with Crippen molar-refractivity contribution in [2.24, 2.45) is 0 Å². The predicted molar refractivity (Wildman–Crippen MR) is 53.5 cm³/mol. The zero-order chi connectivity index (χ0) is 10.4.